The van der Waals surface area contributed by atoms with Gasteiger partial charge in [0.1, 0.15) is 11.6 Å². The molecule has 1 amide bonds. The van der Waals surface area contributed by atoms with Crippen LogP contribution in [0.15, 0.2) is 60.4 Å². The van der Waals surface area contributed by atoms with Gasteiger partial charge in [0, 0.05) is 30.1 Å². The van der Waals surface area contributed by atoms with Crippen molar-refractivity contribution in [2.24, 2.45) is 0 Å². The molecule has 0 saturated carbocycles. The first-order valence-electron chi connectivity index (χ1n) is 9.67. The van der Waals surface area contributed by atoms with Crippen molar-refractivity contribution in [3.8, 4) is 0 Å². The van der Waals surface area contributed by atoms with Crippen LogP contribution in [0.25, 0.3) is 0 Å². The average Bonchev–Trinajstić information content (AvgIpc) is 3.21. The van der Waals surface area contributed by atoms with E-state index in [0.29, 0.717) is 32.0 Å². The number of hydrogen-bond acceptors (Lipinski definition) is 4. The molecule has 1 fully saturated rings. The molecule has 0 radical (unpaired) electrons. The first-order valence-corrected chi connectivity index (χ1v) is 9.67. The predicted molar refractivity (Wildman–Crippen MR) is 108 cm³/mol. The summed E-state index contributed by atoms with van der Waals surface area (Å²) in [6.07, 6.45) is 2.85. The van der Waals surface area contributed by atoms with Crippen molar-refractivity contribution < 1.29 is 23.5 Å². The minimum atomic E-state index is -0.963. The zero-order chi connectivity index (χ0) is 21.7. The van der Waals surface area contributed by atoms with E-state index in [1.807, 2.05) is 6.07 Å². The smallest absolute Gasteiger partial charge is 0.250 e. The number of halogens is 2. The van der Waals surface area contributed by atoms with E-state index in [1.165, 1.54) is 23.1 Å². The van der Waals surface area contributed by atoms with Crippen LogP contribution in [0.2, 0.25) is 0 Å². The number of allylic oxidation sites excluding steroid dienone is 1. The molecule has 0 spiro atoms. The second-order valence-electron chi connectivity index (χ2n) is 7.20. The van der Waals surface area contributed by atoms with E-state index in [0.717, 1.165) is 11.6 Å². The molecule has 0 unspecified atom stereocenters. The van der Waals surface area contributed by atoms with Crippen LogP contribution in [0.3, 0.4) is 0 Å². The third-order valence-corrected chi connectivity index (χ3v) is 5.36. The largest absolute Gasteiger partial charge is 0.504 e. The quantitative estimate of drug-likeness (QED) is 0.407. The number of aliphatic hydroxyl groups excluding tert-OH is 1. The normalized spacial score (nSPS) is 17.6. The first kappa shape index (κ1) is 21.4. The summed E-state index contributed by atoms with van der Waals surface area (Å²) in [6.45, 7) is 0.410. The number of nitrogens with one attached hydrogen (secondary N) is 1. The molecule has 2 atom stereocenters. The second kappa shape index (κ2) is 9.43. The number of amides is 1. The summed E-state index contributed by atoms with van der Waals surface area (Å²) in [5.41, 5.74) is 0.693. The number of likely N-dealkylation sites (tertiary alicyclic amines) is 1. The van der Waals surface area contributed by atoms with E-state index in [2.05, 4.69) is 0 Å². The molecule has 3 rings (SSSR count). The third kappa shape index (κ3) is 4.62. The van der Waals surface area contributed by atoms with Gasteiger partial charge in [0.15, 0.2) is 5.76 Å². The summed E-state index contributed by atoms with van der Waals surface area (Å²) in [5.74, 6) is -4.23. The van der Waals surface area contributed by atoms with Crippen LogP contribution in [0.1, 0.15) is 36.3 Å². The Kier molecular flexibility index (Phi) is 6.72. The Morgan fingerprint density at radius 1 is 1.13 bits per heavy atom. The van der Waals surface area contributed by atoms with Crippen LogP contribution < -0.4 is 0 Å². The molecule has 1 heterocycles. The minimum absolute atomic E-state index is 0.0413. The highest BCUT2D eigenvalue weighted by Gasteiger charge is 2.33. The van der Waals surface area contributed by atoms with Gasteiger partial charge in [-0.25, -0.2) is 8.78 Å². The molecule has 2 aromatic rings. The fourth-order valence-electron chi connectivity index (χ4n) is 3.94. The lowest BCUT2D eigenvalue weighted by molar-refractivity contribution is -0.127. The fraction of sp³-hybridized carbons (Fsp3) is 0.261. The molecule has 30 heavy (non-hydrogen) atoms. The molecule has 1 saturated heterocycles. The molecular weight excluding hydrogens is 390 g/mol. The number of hydrogen-bond donors (Lipinski definition) is 2. The van der Waals surface area contributed by atoms with Gasteiger partial charge in [-0.2, -0.15) is 0 Å². The summed E-state index contributed by atoms with van der Waals surface area (Å²) in [4.78, 5) is 25.4. The van der Waals surface area contributed by atoms with Crippen molar-refractivity contribution in [3.63, 3.8) is 0 Å². The lowest BCUT2D eigenvalue weighted by atomic mass is 9.84. The monoisotopic (exact) mass is 412 g/mol. The van der Waals surface area contributed by atoms with E-state index in [4.69, 9.17) is 5.41 Å². The Morgan fingerprint density at radius 2 is 1.80 bits per heavy atom. The number of Topliss-reactive ketones (excluding diaryl/α,β-unsaturated/α-hetero) is 1. The standard InChI is InChI=1S/C23H22F2N2O3/c24-18-9-4-10-19(25)23(18)17(15-6-2-1-3-7-15)12-16-8-5-11-27(16)22(30)13-20(28)21(29)14-26/h1-4,6-7,9-10,13-14,16-17,26,28H,5,8,11-12H2/b20-13-,26-14?/t16-,17+/m1/s1. The van der Waals surface area contributed by atoms with Crippen LogP contribution in [-0.4, -0.2) is 40.5 Å². The van der Waals surface area contributed by atoms with Crippen molar-refractivity contribution in [2.75, 3.05) is 6.54 Å². The van der Waals surface area contributed by atoms with E-state index in [-0.39, 0.29) is 11.6 Å². The van der Waals surface area contributed by atoms with E-state index < -0.39 is 35.0 Å². The molecule has 5 nitrogen and oxygen atoms in total. The fourth-order valence-corrected chi connectivity index (χ4v) is 3.94. The molecule has 1 aliphatic rings. The van der Waals surface area contributed by atoms with Crippen molar-refractivity contribution in [1.82, 2.24) is 4.90 Å². The molecule has 0 aromatic heterocycles. The Labute approximate surface area is 173 Å². The zero-order valence-electron chi connectivity index (χ0n) is 16.2. The van der Waals surface area contributed by atoms with Gasteiger partial charge in [-0.05, 0) is 37.0 Å². The van der Waals surface area contributed by atoms with Crippen LogP contribution in [0, 0.1) is 17.0 Å². The summed E-state index contributed by atoms with van der Waals surface area (Å²) in [6, 6.07) is 12.4. The molecule has 0 aliphatic carbocycles. The lowest BCUT2D eigenvalue weighted by Gasteiger charge is -2.28. The van der Waals surface area contributed by atoms with Gasteiger partial charge in [-0.15, -0.1) is 0 Å². The summed E-state index contributed by atoms with van der Waals surface area (Å²) < 4.78 is 29.2. The highest BCUT2D eigenvalue weighted by atomic mass is 19.1. The van der Waals surface area contributed by atoms with Gasteiger partial charge in [-0.1, -0.05) is 36.4 Å². The summed E-state index contributed by atoms with van der Waals surface area (Å²) in [7, 11) is 0. The molecular formula is C23H22F2N2O3. The summed E-state index contributed by atoms with van der Waals surface area (Å²) in [5, 5.41) is 16.5. The third-order valence-electron chi connectivity index (χ3n) is 5.36. The first-order chi connectivity index (χ1) is 14.4. The van der Waals surface area contributed by atoms with Crippen molar-refractivity contribution >= 4 is 17.9 Å². The van der Waals surface area contributed by atoms with Gasteiger partial charge in [0.25, 0.3) is 5.91 Å². The topological polar surface area (TPSA) is 81.5 Å². The molecule has 1 aliphatic heterocycles. The van der Waals surface area contributed by atoms with Gasteiger partial charge >= 0.3 is 0 Å². The maximum Gasteiger partial charge on any atom is 0.250 e. The maximum atomic E-state index is 14.6. The molecule has 2 N–H and O–H groups in total. The predicted octanol–water partition coefficient (Wildman–Crippen LogP) is 4.14. The SMILES string of the molecule is N=CC(=O)/C(O)=C/C(=O)N1CCC[C@@H]1C[C@@H](c1ccccc1)c1c(F)cccc1F. The highest BCUT2D eigenvalue weighted by Crippen LogP contribution is 2.36. The number of aliphatic hydroxyl groups is 1. The number of benzene rings is 2. The van der Waals surface area contributed by atoms with Gasteiger partial charge < -0.3 is 15.4 Å². The zero-order valence-corrected chi connectivity index (χ0v) is 16.2. The second-order valence-corrected chi connectivity index (χ2v) is 7.20. The van der Waals surface area contributed by atoms with Crippen molar-refractivity contribution in [1.29, 1.82) is 5.41 Å². The molecule has 0 bridgehead atoms. The Hall–Kier alpha value is -3.35. The van der Waals surface area contributed by atoms with Gasteiger partial charge in [-0.3, -0.25) is 9.59 Å². The minimum Gasteiger partial charge on any atom is -0.504 e. The average molecular weight is 412 g/mol. The Bertz CT molecular complexity index is 955. The highest BCUT2D eigenvalue weighted by molar-refractivity contribution is 6.33. The maximum absolute atomic E-state index is 14.6. The number of ketones is 1. The Balaban J connectivity index is 1.92. The molecule has 7 heteroatoms. The van der Waals surface area contributed by atoms with Crippen LogP contribution in [0.5, 0.6) is 0 Å². The number of rotatable bonds is 7. The number of nitrogens with zero attached hydrogens (tertiary/aromatic N) is 1. The van der Waals surface area contributed by atoms with E-state index in [1.54, 1.807) is 24.3 Å². The summed E-state index contributed by atoms with van der Waals surface area (Å²) >= 11 is 0. The lowest BCUT2D eigenvalue weighted by Crippen LogP contribution is -2.36. The molecule has 2 aromatic carbocycles. The van der Waals surface area contributed by atoms with Crippen LogP contribution in [-0.2, 0) is 9.59 Å². The van der Waals surface area contributed by atoms with Crippen LogP contribution in [0.4, 0.5) is 8.78 Å². The Morgan fingerprint density at radius 3 is 2.43 bits per heavy atom. The van der Waals surface area contributed by atoms with Gasteiger partial charge in [0.05, 0.1) is 6.21 Å². The van der Waals surface area contributed by atoms with Gasteiger partial charge in [0.2, 0.25) is 5.78 Å². The number of carbonyl (C=O) groups is 2. The van der Waals surface area contributed by atoms with E-state index >= 15 is 0 Å². The molecule has 156 valence electrons. The number of carbonyl (C=O) groups excluding carboxylic acids is 2. The van der Waals surface area contributed by atoms with E-state index in [9.17, 15) is 23.5 Å². The van der Waals surface area contributed by atoms with Crippen LogP contribution >= 0.6 is 0 Å². The van der Waals surface area contributed by atoms with Crippen molar-refractivity contribution in [2.45, 2.75) is 31.2 Å². The van der Waals surface area contributed by atoms with Crippen molar-refractivity contribution in [3.05, 3.63) is 83.1 Å².